The Labute approximate surface area is 117 Å². The molecule has 1 aromatic rings. The molecule has 0 saturated carbocycles. The van der Waals surface area contributed by atoms with Crippen molar-refractivity contribution in [2.45, 2.75) is 6.61 Å². The first kappa shape index (κ1) is 15.7. The molecule has 0 unspecified atom stereocenters. The van der Waals surface area contributed by atoms with Gasteiger partial charge in [-0.1, -0.05) is 30.3 Å². The lowest BCUT2D eigenvalue weighted by Crippen LogP contribution is -2.29. The topological polar surface area (TPSA) is 73.9 Å². The number of amides is 1. The Hall–Kier alpha value is -2.34. The van der Waals surface area contributed by atoms with Crippen LogP contribution in [0.25, 0.3) is 0 Å². The molecule has 0 aliphatic carbocycles. The van der Waals surface area contributed by atoms with Gasteiger partial charge in [-0.15, -0.1) is 0 Å². The average Bonchev–Trinajstić information content (AvgIpc) is 2.49. The fourth-order valence-corrected chi connectivity index (χ4v) is 1.33. The molecule has 0 radical (unpaired) electrons. The zero-order valence-corrected chi connectivity index (χ0v) is 11.4. The van der Waals surface area contributed by atoms with Crippen LogP contribution in [0.15, 0.2) is 42.1 Å². The van der Waals surface area contributed by atoms with Crippen molar-refractivity contribution in [3.63, 3.8) is 0 Å². The van der Waals surface area contributed by atoms with Crippen molar-refractivity contribution < 1.29 is 23.8 Å². The van der Waals surface area contributed by atoms with E-state index in [1.807, 2.05) is 30.3 Å². The molecular weight excluding hydrogens is 262 g/mol. The number of ether oxygens (including phenoxy) is 3. The minimum Gasteiger partial charge on any atom is -0.464 e. The predicted molar refractivity (Wildman–Crippen MR) is 71.7 cm³/mol. The number of hydrogen-bond donors (Lipinski definition) is 1. The van der Waals surface area contributed by atoms with Crippen LogP contribution < -0.4 is 5.32 Å². The summed E-state index contributed by atoms with van der Waals surface area (Å²) in [6, 6.07) is 9.21. The molecular formula is C14H17NO5. The van der Waals surface area contributed by atoms with Crippen LogP contribution in [0.5, 0.6) is 0 Å². The lowest BCUT2D eigenvalue weighted by Gasteiger charge is -2.09. The van der Waals surface area contributed by atoms with Gasteiger partial charge in [0.05, 0.1) is 13.7 Å². The summed E-state index contributed by atoms with van der Waals surface area (Å²) in [7, 11) is 2.69. The monoisotopic (exact) mass is 279 g/mol. The normalized spacial score (nSPS) is 10.8. The summed E-state index contributed by atoms with van der Waals surface area (Å²) < 4.78 is 14.3. The van der Waals surface area contributed by atoms with Crippen LogP contribution in [0.1, 0.15) is 5.56 Å². The first-order valence-corrected chi connectivity index (χ1v) is 5.92. The molecule has 0 saturated heterocycles. The van der Waals surface area contributed by atoms with Crippen molar-refractivity contribution >= 4 is 12.1 Å². The number of hydrogen-bond acceptors (Lipinski definition) is 5. The number of esters is 1. The largest absolute Gasteiger partial charge is 0.464 e. The number of benzene rings is 1. The van der Waals surface area contributed by atoms with Gasteiger partial charge < -0.3 is 14.2 Å². The van der Waals surface area contributed by atoms with E-state index in [1.54, 1.807) is 0 Å². The maximum absolute atomic E-state index is 11.6. The third-order valence-corrected chi connectivity index (χ3v) is 2.31. The van der Waals surface area contributed by atoms with Crippen LogP contribution in [0.2, 0.25) is 0 Å². The number of carbonyl (C=O) groups excluding carboxylic acids is 2. The fourth-order valence-electron chi connectivity index (χ4n) is 1.33. The average molecular weight is 279 g/mol. The quantitative estimate of drug-likeness (QED) is 0.632. The summed E-state index contributed by atoms with van der Waals surface area (Å²) in [4.78, 5) is 23.0. The highest BCUT2D eigenvalue weighted by Crippen LogP contribution is 2.01. The van der Waals surface area contributed by atoms with Gasteiger partial charge in [-0.05, 0) is 11.6 Å². The van der Waals surface area contributed by atoms with E-state index < -0.39 is 12.1 Å². The second-order valence-electron chi connectivity index (χ2n) is 3.75. The van der Waals surface area contributed by atoms with Gasteiger partial charge >= 0.3 is 12.1 Å². The summed E-state index contributed by atoms with van der Waals surface area (Å²) in [6.07, 6.45) is 0.664. The van der Waals surface area contributed by atoms with Gasteiger partial charge in [0.15, 0.2) is 0 Å². The summed E-state index contributed by atoms with van der Waals surface area (Å²) in [5, 5.41) is 2.32. The Morgan fingerprint density at radius 1 is 1.20 bits per heavy atom. The number of methoxy groups -OCH3 is 2. The number of carbonyl (C=O) groups is 2. The molecule has 0 spiro atoms. The minimum absolute atomic E-state index is 0.0209. The van der Waals surface area contributed by atoms with Crippen molar-refractivity contribution in [3.8, 4) is 0 Å². The van der Waals surface area contributed by atoms with Gasteiger partial charge in [0.25, 0.3) is 0 Å². The van der Waals surface area contributed by atoms with Crippen molar-refractivity contribution in [2.75, 3.05) is 20.8 Å². The lowest BCUT2D eigenvalue weighted by molar-refractivity contribution is -0.136. The van der Waals surface area contributed by atoms with Crippen LogP contribution in [0.3, 0.4) is 0 Å². The molecule has 1 aromatic carbocycles. The Balaban J connectivity index is 2.52. The van der Waals surface area contributed by atoms with Gasteiger partial charge in [-0.25, -0.2) is 9.59 Å². The highest BCUT2D eigenvalue weighted by Gasteiger charge is 2.13. The molecule has 0 heterocycles. The van der Waals surface area contributed by atoms with Gasteiger partial charge in [0.2, 0.25) is 0 Å². The van der Waals surface area contributed by atoms with Crippen LogP contribution in [-0.4, -0.2) is 32.9 Å². The standard InChI is InChI=1S/C14H17NO5/c1-18-9-8-12(13(16)19-2)15-14(17)20-10-11-6-4-3-5-7-11/h3-8H,9-10H2,1-2H3,(H,15,17)/b12-8-. The Morgan fingerprint density at radius 3 is 2.50 bits per heavy atom. The highest BCUT2D eigenvalue weighted by atomic mass is 16.6. The van der Waals surface area contributed by atoms with Crippen molar-refractivity contribution in [3.05, 3.63) is 47.7 Å². The summed E-state index contributed by atoms with van der Waals surface area (Å²) in [5.74, 6) is -0.668. The molecule has 1 rings (SSSR count). The van der Waals surface area contributed by atoms with Crippen LogP contribution in [-0.2, 0) is 25.6 Å². The smallest absolute Gasteiger partial charge is 0.412 e. The molecule has 0 fully saturated rings. The third-order valence-electron chi connectivity index (χ3n) is 2.31. The lowest BCUT2D eigenvalue weighted by atomic mass is 10.2. The van der Waals surface area contributed by atoms with Gasteiger partial charge in [-0.2, -0.15) is 0 Å². The van der Waals surface area contributed by atoms with Crippen molar-refractivity contribution in [2.24, 2.45) is 0 Å². The number of alkyl carbamates (subject to hydrolysis) is 1. The molecule has 0 aliphatic rings. The Bertz CT molecular complexity index is 470. The van der Waals surface area contributed by atoms with E-state index in [0.717, 1.165) is 5.56 Å². The van der Waals surface area contributed by atoms with E-state index in [4.69, 9.17) is 9.47 Å². The summed E-state index contributed by atoms with van der Waals surface area (Å²) in [5.41, 5.74) is 0.829. The van der Waals surface area contributed by atoms with Crippen LogP contribution in [0.4, 0.5) is 4.79 Å². The van der Waals surface area contributed by atoms with Gasteiger partial charge in [0.1, 0.15) is 12.3 Å². The van der Waals surface area contributed by atoms with Crippen LogP contribution >= 0.6 is 0 Å². The van der Waals surface area contributed by atoms with E-state index in [9.17, 15) is 9.59 Å². The molecule has 1 N–H and O–H groups in total. The summed E-state index contributed by atoms with van der Waals surface area (Å²) in [6.45, 7) is 0.287. The molecule has 6 heteroatoms. The van der Waals surface area contributed by atoms with E-state index in [2.05, 4.69) is 10.1 Å². The van der Waals surface area contributed by atoms with E-state index in [-0.39, 0.29) is 18.9 Å². The molecule has 6 nitrogen and oxygen atoms in total. The van der Waals surface area contributed by atoms with E-state index in [0.29, 0.717) is 0 Å². The van der Waals surface area contributed by atoms with Gasteiger partial charge in [-0.3, -0.25) is 5.32 Å². The van der Waals surface area contributed by atoms with E-state index in [1.165, 1.54) is 20.3 Å². The molecule has 0 aliphatic heterocycles. The highest BCUT2D eigenvalue weighted by molar-refractivity contribution is 5.92. The Kier molecular flexibility index (Phi) is 6.84. The second kappa shape index (κ2) is 8.71. The molecule has 1 amide bonds. The second-order valence-corrected chi connectivity index (χ2v) is 3.75. The predicted octanol–water partition coefficient (Wildman–Crippen LogP) is 1.62. The fraction of sp³-hybridized carbons (Fsp3) is 0.286. The third kappa shape index (κ3) is 5.53. The first-order chi connectivity index (χ1) is 9.67. The van der Waals surface area contributed by atoms with Crippen molar-refractivity contribution in [1.82, 2.24) is 5.32 Å². The minimum atomic E-state index is -0.735. The van der Waals surface area contributed by atoms with Crippen LogP contribution in [0, 0.1) is 0 Å². The zero-order chi connectivity index (χ0) is 14.8. The van der Waals surface area contributed by atoms with Gasteiger partial charge in [0, 0.05) is 7.11 Å². The molecule has 0 bridgehead atoms. The molecule has 108 valence electrons. The molecule has 0 aromatic heterocycles. The maximum Gasteiger partial charge on any atom is 0.412 e. The first-order valence-electron chi connectivity index (χ1n) is 5.92. The van der Waals surface area contributed by atoms with Crippen molar-refractivity contribution in [1.29, 1.82) is 0 Å². The molecule has 20 heavy (non-hydrogen) atoms. The summed E-state index contributed by atoms with van der Waals surface area (Å²) >= 11 is 0. The number of rotatable bonds is 6. The molecule has 0 atom stereocenters. The zero-order valence-electron chi connectivity index (χ0n) is 11.4. The SMILES string of the molecule is COC/C=C(\NC(=O)OCc1ccccc1)C(=O)OC. The Morgan fingerprint density at radius 2 is 1.90 bits per heavy atom. The van der Waals surface area contributed by atoms with E-state index >= 15 is 0 Å². The maximum atomic E-state index is 11.6. The number of nitrogens with one attached hydrogen (secondary N) is 1.